The number of ketones is 1. The van der Waals surface area contributed by atoms with Gasteiger partial charge in [0, 0.05) is 30.2 Å². The molecule has 0 fully saturated rings. The zero-order chi connectivity index (χ0) is 18.0. The van der Waals surface area contributed by atoms with Crippen LogP contribution in [0.25, 0.3) is 10.9 Å². The molecule has 124 valence electrons. The average Bonchev–Trinajstić information content (AvgIpc) is 2.95. The van der Waals surface area contributed by atoms with Gasteiger partial charge in [0.25, 0.3) is 0 Å². The Hall–Kier alpha value is -3.17. The summed E-state index contributed by atoms with van der Waals surface area (Å²) in [6, 6.07) is 13.1. The molecular weight excluding hydrogens is 343 g/mol. The highest BCUT2D eigenvalue weighted by molar-refractivity contribution is 6.53. The fourth-order valence-corrected chi connectivity index (χ4v) is 2.58. The Labute approximate surface area is 147 Å². The van der Waals surface area contributed by atoms with Gasteiger partial charge < -0.3 is 4.57 Å². The molecule has 0 saturated carbocycles. The van der Waals surface area contributed by atoms with Crippen LogP contribution in [0.1, 0.15) is 10.4 Å². The van der Waals surface area contributed by atoms with Crippen LogP contribution in [-0.2, 0) is 7.05 Å². The normalized spacial score (nSPS) is 11.4. The molecule has 1 N–H and O–H groups in total. The van der Waals surface area contributed by atoms with Crippen molar-refractivity contribution in [3.8, 4) is 6.07 Å². The van der Waals surface area contributed by atoms with Crippen LogP contribution >= 0.6 is 11.6 Å². The Morgan fingerprint density at radius 3 is 2.80 bits per heavy atom. The maximum atomic E-state index is 13.4. The highest BCUT2D eigenvalue weighted by Crippen LogP contribution is 2.22. The molecule has 3 aromatic rings. The Balaban J connectivity index is 1.93. The highest BCUT2D eigenvalue weighted by Gasteiger charge is 2.19. The van der Waals surface area contributed by atoms with Gasteiger partial charge in [0.2, 0.25) is 11.5 Å². The van der Waals surface area contributed by atoms with E-state index in [1.807, 2.05) is 25.2 Å². The number of carbonyl (C=O) groups excluding carboxylic acids is 1. The summed E-state index contributed by atoms with van der Waals surface area (Å²) in [6.07, 6.45) is 1.65. The van der Waals surface area contributed by atoms with E-state index in [4.69, 9.17) is 11.6 Å². The van der Waals surface area contributed by atoms with Gasteiger partial charge in [-0.25, -0.2) is 4.39 Å². The molecule has 2 aromatic carbocycles. The predicted molar refractivity (Wildman–Crippen MR) is 95.3 cm³/mol. The Kier molecular flexibility index (Phi) is 4.50. The number of hydrogen-bond donors (Lipinski definition) is 1. The predicted octanol–water partition coefficient (Wildman–Crippen LogP) is 4.15. The van der Waals surface area contributed by atoms with E-state index in [-0.39, 0.29) is 16.4 Å². The van der Waals surface area contributed by atoms with Crippen molar-refractivity contribution in [2.75, 3.05) is 5.43 Å². The first kappa shape index (κ1) is 16.7. The maximum Gasteiger partial charge on any atom is 0.226 e. The molecule has 3 rings (SSSR count). The number of nitrogens with one attached hydrogen (secondary N) is 1. The van der Waals surface area contributed by atoms with Gasteiger partial charge in [-0.1, -0.05) is 29.8 Å². The lowest BCUT2D eigenvalue weighted by atomic mass is 10.1. The zero-order valence-electron chi connectivity index (χ0n) is 13.1. The number of carbonyl (C=O) groups is 1. The number of aryl methyl sites for hydroxylation is 1. The van der Waals surface area contributed by atoms with Crippen molar-refractivity contribution in [2.24, 2.45) is 12.1 Å². The molecule has 0 bridgehead atoms. The summed E-state index contributed by atoms with van der Waals surface area (Å²) in [4.78, 5) is 12.6. The molecule has 1 heterocycles. The van der Waals surface area contributed by atoms with E-state index in [1.165, 1.54) is 12.1 Å². The van der Waals surface area contributed by atoms with Crippen molar-refractivity contribution < 1.29 is 9.18 Å². The summed E-state index contributed by atoms with van der Waals surface area (Å²) in [7, 11) is 1.82. The van der Waals surface area contributed by atoms with Gasteiger partial charge in [-0.2, -0.15) is 10.4 Å². The molecule has 0 aliphatic carbocycles. The molecular formula is C18H12ClFN4O. The van der Waals surface area contributed by atoms with Crippen LogP contribution in [0.3, 0.4) is 0 Å². The number of hydrazone groups is 1. The zero-order valence-corrected chi connectivity index (χ0v) is 13.9. The molecule has 1 aromatic heterocycles. The lowest BCUT2D eigenvalue weighted by Crippen LogP contribution is -2.14. The summed E-state index contributed by atoms with van der Waals surface area (Å²) in [5.41, 5.74) is 3.71. The summed E-state index contributed by atoms with van der Waals surface area (Å²) in [5.74, 6) is -1.14. The number of aromatic nitrogens is 1. The first-order valence-corrected chi connectivity index (χ1v) is 7.66. The van der Waals surface area contributed by atoms with Crippen LogP contribution in [0.4, 0.5) is 10.1 Å². The number of rotatable bonds is 4. The molecule has 0 unspecified atom stereocenters. The van der Waals surface area contributed by atoms with E-state index < -0.39 is 11.6 Å². The van der Waals surface area contributed by atoms with Gasteiger partial charge in [-0.05, 0) is 18.2 Å². The fourth-order valence-electron chi connectivity index (χ4n) is 2.46. The third-order valence-electron chi connectivity index (χ3n) is 3.68. The van der Waals surface area contributed by atoms with Crippen molar-refractivity contribution in [2.45, 2.75) is 0 Å². The minimum absolute atomic E-state index is 0.0260. The van der Waals surface area contributed by atoms with Crippen LogP contribution in [0.15, 0.2) is 53.8 Å². The largest absolute Gasteiger partial charge is 0.350 e. The molecule has 25 heavy (non-hydrogen) atoms. The highest BCUT2D eigenvalue weighted by atomic mass is 35.5. The molecule has 0 amide bonds. The van der Waals surface area contributed by atoms with Gasteiger partial charge in [0.05, 0.1) is 16.3 Å². The minimum Gasteiger partial charge on any atom is -0.350 e. The number of para-hydroxylation sites is 1. The monoisotopic (exact) mass is 354 g/mol. The molecule has 0 atom stereocenters. The van der Waals surface area contributed by atoms with Gasteiger partial charge in [-0.15, -0.1) is 0 Å². The van der Waals surface area contributed by atoms with Crippen LogP contribution in [0, 0.1) is 17.1 Å². The van der Waals surface area contributed by atoms with E-state index in [9.17, 15) is 14.4 Å². The van der Waals surface area contributed by atoms with Crippen LogP contribution in [-0.4, -0.2) is 16.1 Å². The number of Topliss-reactive ketones (excluding diaryl/α,β-unsaturated/α-hetero) is 1. The fraction of sp³-hybridized carbons (Fsp3) is 0.0556. The molecule has 0 aliphatic rings. The third-order valence-corrected chi connectivity index (χ3v) is 3.99. The Bertz CT molecular complexity index is 1050. The SMILES string of the molecule is Cn1cc(C(=O)/C(C#N)=N/Nc2ccc(Cl)c(F)c2)c2ccccc21. The first-order valence-electron chi connectivity index (χ1n) is 7.29. The van der Waals surface area contributed by atoms with Crippen molar-refractivity contribution in [1.29, 1.82) is 5.26 Å². The van der Waals surface area contributed by atoms with Crippen LogP contribution in [0.5, 0.6) is 0 Å². The van der Waals surface area contributed by atoms with Gasteiger partial charge in [0.1, 0.15) is 11.9 Å². The lowest BCUT2D eigenvalue weighted by Gasteiger charge is -2.02. The number of anilines is 1. The topological polar surface area (TPSA) is 70.2 Å². The standard InChI is InChI=1S/C18H12ClFN4O/c1-24-10-13(12-4-2-3-5-17(12)24)18(25)16(9-21)23-22-11-6-7-14(19)15(20)8-11/h2-8,10,22H,1H3/b23-16+. The second kappa shape index (κ2) is 6.75. The first-order chi connectivity index (χ1) is 12.0. The van der Waals surface area contributed by atoms with Gasteiger partial charge >= 0.3 is 0 Å². The smallest absolute Gasteiger partial charge is 0.226 e. The summed E-state index contributed by atoms with van der Waals surface area (Å²) >= 11 is 5.61. The lowest BCUT2D eigenvalue weighted by molar-refractivity contribution is 0.106. The second-order valence-corrected chi connectivity index (χ2v) is 5.72. The Morgan fingerprint density at radius 2 is 2.08 bits per heavy atom. The van der Waals surface area contributed by atoms with E-state index in [0.717, 1.165) is 17.0 Å². The molecule has 0 radical (unpaired) electrons. The molecule has 0 saturated heterocycles. The van der Waals surface area contributed by atoms with Gasteiger partial charge in [-0.3, -0.25) is 10.2 Å². The number of halogens is 2. The Morgan fingerprint density at radius 1 is 1.32 bits per heavy atom. The second-order valence-electron chi connectivity index (χ2n) is 5.31. The van der Waals surface area contributed by atoms with Crippen molar-refractivity contribution in [3.05, 3.63) is 65.1 Å². The summed E-state index contributed by atoms with van der Waals surface area (Å²) in [5, 5.41) is 13.8. The summed E-state index contributed by atoms with van der Waals surface area (Å²) in [6.45, 7) is 0. The number of hydrogen-bond acceptors (Lipinski definition) is 4. The number of benzene rings is 2. The van der Waals surface area contributed by atoms with Crippen molar-refractivity contribution in [1.82, 2.24) is 4.57 Å². The number of fused-ring (bicyclic) bond motifs is 1. The molecule has 5 nitrogen and oxygen atoms in total. The quantitative estimate of drug-likeness (QED) is 0.435. The van der Waals surface area contributed by atoms with E-state index in [0.29, 0.717) is 5.56 Å². The van der Waals surface area contributed by atoms with Gasteiger partial charge in [0.15, 0.2) is 0 Å². The average molecular weight is 355 g/mol. The van der Waals surface area contributed by atoms with E-state index in [1.54, 1.807) is 22.9 Å². The molecule has 0 spiro atoms. The number of nitriles is 1. The van der Waals surface area contributed by atoms with E-state index in [2.05, 4.69) is 10.5 Å². The molecule has 7 heteroatoms. The maximum absolute atomic E-state index is 13.4. The van der Waals surface area contributed by atoms with Crippen LogP contribution in [0.2, 0.25) is 5.02 Å². The van der Waals surface area contributed by atoms with Crippen molar-refractivity contribution in [3.63, 3.8) is 0 Å². The minimum atomic E-state index is -0.624. The third kappa shape index (κ3) is 3.23. The number of nitrogens with zero attached hydrogens (tertiary/aromatic N) is 3. The van der Waals surface area contributed by atoms with Crippen LogP contribution < -0.4 is 5.43 Å². The van der Waals surface area contributed by atoms with Crippen molar-refractivity contribution >= 4 is 39.7 Å². The molecule has 0 aliphatic heterocycles. The van der Waals surface area contributed by atoms with E-state index >= 15 is 0 Å². The summed E-state index contributed by atoms with van der Waals surface area (Å²) < 4.78 is 15.2.